The molecule has 1 saturated carbocycles. The average Bonchev–Trinajstić information content (AvgIpc) is 2.89. The minimum absolute atomic E-state index is 0.0166. The lowest BCUT2D eigenvalue weighted by Gasteiger charge is -2.46. The van der Waals surface area contributed by atoms with Gasteiger partial charge >= 0.3 is 0 Å². The van der Waals surface area contributed by atoms with Crippen molar-refractivity contribution in [1.29, 1.82) is 0 Å². The Labute approximate surface area is 127 Å². The van der Waals surface area contributed by atoms with Crippen LogP contribution in [0.15, 0.2) is 0 Å². The molecule has 0 aromatic carbocycles. The Bertz CT molecular complexity index is 389. The Morgan fingerprint density at radius 2 is 2.00 bits per heavy atom. The lowest BCUT2D eigenvalue weighted by atomic mass is 9.87. The molecule has 21 heavy (non-hydrogen) atoms. The zero-order valence-electron chi connectivity index (χ0n) is 13.5. The normalized spacial score (nSPS) is 25.0. The van der Waals surface area contributed by atoms with Gasteiger partial charge in [0.05, 0.1) is 0 Å². The van der Waals surface area contributed by atoms with Gasteiger partial charge in [0, 0.05) is 19.8 Å². The molecule has 1 unspecified atom stereocenters. The first-order valence-electron chi connectivity index (χ1n) is 8.22. The van der Waals surface area contributed by atoms with Gasteiger partial charge < -0.3 is 15.0 Å². The number of amides is 2. The van der Waals surface area contributed by atoms with Gasteiger partial charge in [-0.15, -0.1) is 0 Å². The van der Waals surface area contributed by atoms with E-state index in [2.05, 4.69) is 5.32 Å². The highest BCUT2D eigenvalue weighted by Gasteiger charge is 2.52. The van der Waals surface area contributed by atoms with Gasteiger partial charge in [0.15, 0.2) is 0 Å². The van der Waals surface area contributed by atoms with Gasteiger partial charge in [0.2, 0.25) is 11.8 Å². The minimum Gasteiger partial charge on any atom is -0.382 e. The number of nitrogens with one attached hydrogen (secondary N) is 1. The molecule has 2 rings (SSSR count). The summed E-state index contributed by atoms with van der Waals surface area (Å²) in [6.07, 6.45) is 4.39. The van der Waals surface area contributed by atoms with Crippen molar-refractivity contribution < 1.29 is 14.3 Å². The Morgan fingerprint density at radius 3 is 2.57 bits per heavy atom. The number of nitrogens with zero attached hydrogens (tertiary/aromatic N) is 1. The van der Waals surface area contributed by atoms with Gasteiger partial charge in [0.25, 0.3) is 0 Å². The van der Waals surface area contributed by atoms with Crippen LogP contribution >= 0.6 is 0 Å². The van der Waals surface area contributed by atoms with Crippen LogP contribution in [0.5, 0.6) is 0 Å². The number of carbonyl (C=O) groups is 2. The molecule has 1 atom stereocenters. The van der Waals surface area contributed by atoms with Crippen LogP contribution in [0.3, 0.4) is 0 Å². The molecule has 0 aromatic heterocycles. The lowest BCUT2D eigenvalue weighted by molar-refractivity contribution is -0.157. The standard InChI is InChI=1S/C16H28N2O3/c1-4-21-11-7-10-18-13(12(2)3)14(19)17-16(15(18)20)8-5-6-9-16/h12-13H,4-11H2,1-3H3,(H,17,19). The molecule has 1 saturated heterocycles. The molecule has 1 N–H and O–H groups in total. The van der Waals surface area contributed by atoms with Gasteiger partial charge in [0.1, 0.15) is 11.6 Å². The quantitative estimate of drug-likeness (QED) is 0.759. The van der Waals surface area contributed by atoms with Crippen LogP contribution in [0.2, 0.25) is 0 Å². The largest absolute Gasteiger partial charge is 0.382 e. The van der Waals surface area contributed by atoms with Crippen LogP contribution in [0.25, 0.3) is 0 Å². The van der Waals surface area contributed by atoms with E-state index >= 15 is 0 Å². The molecule has 1 spiro atoms. The van der Waals surface area contributed by atoms with Crippen LogP contribution < -0.4 is 5.32 Å². The molecule has 0 radical (unpaired) electrons. The van der Waals surface area contributed by atoms with Crippen LogP contribution in [-0.2, 0) is 14.3 Å². The Kier molecular flexibility index (Phi) is 5.25. The first-order chi connectivity index (χ1) is 10.0. The Hall–Kier alpha value is -1.10. The number of hydrogen-bond acceptors (Lipinski definition) is 3. The van der Waals surface area contributed by atoms with Crippen LogP contribution in [-0.4, -0.2) is 48.1 Å². The van der Waals surface area contributed by atoms with E-state index in [1.54, 1.807) is 0 Å². The highest BCUT2D eigenvalue weighted by atomic mass is 16.5. The molecule has 1 aliphatic heterocycles. The highest BCUT2D eigenvalue weighted by molar-refractivity contribution is 6.00. The van der Waals surface area contributed by atoms with Crippen molar-refractivity contribution in [2.75, 3.05) is 19.8 Å². The van der Waals surface area contributed by atoms with E-state index in [4.69, 9.17) is 4.74 Å². The maximum Gasteiger partial charge on any atom is 0.249 e. The fourth-order valence-electron chi connectivity index (χ4n) is 3.61. The second-order valence-electron chi connectivity index (χ2n) is 6.52. The number of carbonyl (C=O) groups excluding carboxylic acids is 2. The molecular formula is C16H28N2O3. The fourth-order valence-corrected chi connectivity index (χ4v) is 3.61. The van der Waals surface area contributed by atoms with Crippen LogP contribution in [0, 0.1) is 5.92 Å². The minimum atomic E-state index is -0.617. The first-order valence-corrected chi connectivity index (χ1v) is 8.22. The molecule has 120 valence electrons. The first kappa shape index (κ1) is 16.3. The summed E-state index contributed by atoms with van der Waals surface area (Å²) < 4.78 is 5.36. The van der Waals surface area contributed by atoms with E-state index in [9.17, 15) is 9.59 Å². The summed E-state index contributed by atoms with van der Waals surface area (Å²) >= 11 is 0. The molecule has 0 aromatic rings. The van der Waals surface area contributed by atoms with Gasteiger partial charge in [-0.25, -0.2) is 0 Å². The molecule has 5 heteroatoms. The van der Waals surface area contributed by atoms with E-state index in [0.29, 0.717) is 19.8 Å². The van der Waals surface area contributed by atoms with Crippen LogP contribution in [0.4, 0.5) is 0 Å². The summed E-state index contributed by atoms with van der Waals surface area (Å²) in [4.78, 5) is 27.3. The van der Waals surface area contributed by atoms with E-state index < -0.39 is 5.54 Å². The maximum absolute atomic E-state index is 12.9. The van der Waals surface area contributed by atoms with E-state index in [1.807, 2.05) is 25.7 Å². The molecule has 5 nitrogen and oxygen atoms in total. The predicted molar refractivity (Wildman–Crippen MR) is 80.8 cm³/mol. The number of hydrogen-bond donors (Lipinski definition) is 1. The van der Waals surface area contributed by atoms with Gasteiger partial charge in [-0.2, -0.15) is 0 Å². The summed E-state index contributed by atoms with van der Waals surface area (Å²) in [7, 11) is 0. The topological polar surface area (TPSA) is 58.6 Å². The predicted octanol–water partition coefficient (Wildman–Crippen LogP) is 1.71. The number of ether oxygens (including phenoxy) is 1. The molecular weight excluding hydrogens is 268 g/mol. The Morgan fingerprint density at radius 1 is 1.33 bits per heavy atom. The van der Waals surface area contributed by atoms with Crippen molar-refractivity contribution in [1.82, 2.24) is 10.2 Å². The van der Waals surface area contributed by atoms with Crippen molar-refractivity contribution in [3.63, 3.8) is 0 Å². The van der Waals surface area contributed by atoms with Crippen molar-refractivity contribution >= 4 is 11.8 Å². The molecule has 2 aliphatic rings. The van der Waals surface area contributed by atoms with Crippen molar-refractivity contribution in [2.45, 2.75) is 64.5 Å². The van der Waals surface area contributed by atoms with E-state index in [1.165, 1.54) is 0 Å². The van der Waals surface area contributed by atoms with Crippen molar-refractivity contribution in [3.8, 4) is 0 Å². The van der Waals surface area contributed by atoms with Gasteiger partial charge in [-0.05, 0) is 32.1 Å². The van der Waals surface area contributed by atoms with E-state index in [-0.39, 0.29) is 23.8 Å². The fraction of sp³-hybridized carbons (Fsp3) is 0.875. The lowest BCUT2D eigenvalue weighted by Crippen LogP contribution is -2.70. The highest BCUT2D eigenvalue weighted by Crippen LogP contribution is 2.35. The zero-order valence-corrected chi connectivity index (χ0v) is 13.5. The molecule has 1 heterocycles. The summed E-state index contributed by atoms with van der Waals surface area (Å²) in [5, 5.41) is 3.04. The molecule has 2 amide bonds. The number of rotatable bonds is 6. The third-order valence-electron chi connectivity index (χ3n) is 4.62. The van der Waals surface area contributed by atoms with Gasteiger partial charge in [-0.1, -0.05) is 26.7 Å². The van der Waals surface area contributed by atoms with Crippen molar-refractivity contribution in [3.05, 3.63) is 0 Å². The molecule has 2 fully saturated rings. The number of piperazine rings is 1. The third kappa shape index (κ3) is 3.23. The second kappa shape index (κ2) is 6.77. The molecule has 1 aliphatic carbocycles. The smallest absolute Gasteiger partial charge is 0.249 e. The maximum atomic E-state index is 12.9. The summed E-state index contributed by atoms with van der Waals surface area (Å²) in [6, 6.07) is -0.342. The van der Waals surface area contributed by atoms with Gasteiger partial charge in [-0.3, -0.25) is 9.59 Å². The van der Waals surface area contributed by atoms with Crippen molar-refractivity contribution in [2.24, 2.45) is 5.92 Å². The molecule has 0 bridgehead atoms. The zero-order chi connectivity index (χ0) is 15.5. The Balaban J connectivity index is 2.12. The van der Waals surface area contributed by atoms with Crippen LogP contribution in [0.1, 0.15) is 52.9 Å². The summed E-state index contributed by atoms with van der Waals surface area (Å²) in [5.41, 5.74) is -0.617. The summed E-state index contributed by atoms with van der Waals surface area (Å²) in [6.45, 7) is 7.89. The average molecular weight is 296 g/mol. The van der Waals surface area contributed by atoms with E-state index in [0.717, 1.165) is 32.1 Å². The second-order valence-corrected chi connectivity index (χ2v) is 6.52. The monoisotopic (exact) mass is 296 g/mol. The third-order valence-corrected chi connectivity index (χ3v) is 4.62. The SMILES string of the molecule is CCOCCCN1C(=O)C2(CCCC2)NC(=O)C1C(C)C. The summed E-state index contributed by atoms with van der Waals surface area (Å²) in [5.74, 6) is 0.262.